The molecule has 2 heterocycles. The number of halogens is 1. The Balaban J connectivity index is 1.82. The zero-order valence-electron chi connectivity index (χ0n) is 14.9. The van der Waals surface area contributed by atoms with Gasteiger partial charge in [0.2, 0.25) is 10.0 Å². The van der Waals surface area contributed by atoms with Crippen molar-refractivity contribution in [1.29, 1.82) is 0 Å². The molecule has 1 aromatic rings. The fraction of sp³-hybridized carbons (Fsp3) is 0.588. The number of hydrogen-bond donors (Lipinski definition) is 1. The van der Waals surface area contributed by atoms with Gasteiger partial charge in [-0.15, -0.1) is 0 Å². The van der Waals surface area contributed by atoms with Crippen molar-refractivity contribution in [2.24, 2.45) is 0 Å². The van der Waals surface area contributed by atoms with Crippen LogP contribution in [0, 0.1) is 0 Å². The van der Waals surface area contributed by atoms with Crippen LogP contribution < -0.4 is 5.32 Å². The van der Waals surface area contributed by atoms with Crippen LogP contribution in [0.25, 0.3) is 0 Å². The minimum absolute atomic E-state index is 0.0488. The summed E-state index contributed by atoms with van der Waals surface area (Å²) in [7, 11) is -6.91. The Bertz CT molecular complexity index is 923. The van der Waals surface area contributed by atoms with E-state index in [1.54, 1.807) is 0 Å². The van der Waals surface area contributed by atoms with Gasteiger partial charge in [0.1, 0.15) is 4.90 Å². The predicted octanol–water partition coefficient (Wildman–Crippen LogP) is 1.82. The lowest BCUT2D eigenvalue weighted by Gasteiger charge is -2.21. The number of nitrogens with zero attached hydrogens (tertiary/aromatic N) is 1. The van der Waals surface area contributed by atoms with E-state index in [1.165, 1.54) is 22.5 Å². The van der Waals surface area contributed by atoms with Crippen LogP contribution in [0.4, 0.5) is 0 Å². The van der Waals surface area contributed by atoms with E-state index in [4.69, 9.17) is 11.6 Å². The van der Waals surface area contributed by atoms with Gasteiger partial charge in [-0.3, -0.25) is 4.79 Å². The molecule has 0 radical (unpaired) electrons. The fourth-order valence-electron chi connectivity index (χ4n) is 3.44. The monoisotopic (exact) mass is 434 g/mol. The fourth-order valence-corrected chi connectivity index (χ4v) is 7.13. The summed E-state index contributed by atoms with van der Waals surface area (Å²) in [6, 6.07) is 3.67. The SMILES string of the molecule is O=C(N[C@H]1CCS(=O)(=O)C1)c1ccc(Cl)c(S(=O)(=O)N2CCCCCC2)c1. The highest BCUT2D eigenvalue weighted by atomic mass is 35.5. The molecule has 0 bridgehead atoms. The molecule has 2 aliphatic rings. The Hall–Kier alpha value is -1.16. The lowest BCUT2D eigenvalue weighted by atomic mass is 10.2. The third-order valence-corrected chi connectivity index (χ3v) is 9.09. The second-order valence-corrected chi connectivity index (χ2v) is 11.6. The van der Waals surface area contributed by atoms with E-state index in [9.17, 15) is 21.6 Å². The molecule has 1 atom stereocenters. The van der Waals surface area contributed by atoms with E-state index >= 15 is 0 Å². The predicted molar refractivity (Wildman–Crippen MR) is 103 cm³/mol. The molecule has 1 amide bonds. The van der Waals surface area contributed by atoms with Gasteiger partial charge in [-0.2, -0.15) is 4.31 Å². The summed E-state index contributed by atoms with van der Waals surface area (Å²) in [5, 5.41) is 2.74. The average Bonchev–Trinajstić information content (AvgIpc) is 2.80. The number of amides is 1. The Morgan fingerprint density at radius 3 is 2.41 bits per heavy atom. The molecule has 1 N–H and O–H groups in total. The number of carbonyl (C=O) groups excluding carboxylic acids is 1. The first-order chi connectivity index (χ1) is 12.7. The second kappa shape index (κ2) is 8.06. The molecule has 1 aromatic carbocycles. The highest BCUT2D eigenvalue weighted by Gasteiger charge is 2.31. The molecule has 150 valence electrons. The van der Waals surface area contributed by atoms with Crippen LogP contribution in [0.1, 0.15) is 42.5 Å². The minimum atomic E-state index is -3.79. The first kappa shape index (κ1) is 20.6. The summed E-state index contributed by atoms with van der Waals surface area (Å²) >= 11 is 6.14. The number of sulfone groups is 1. The van der Waals surface area contributed by atoms with Gasteiger partial charge < -0.3 is 5.32 Å². The van der Waals surface area contributed by atoms with Crippen LogP contribution in [-0.4, -0.2) is 57.7 Å². The molecule has 0 aromatic heterocycles. The molecule has 0 spiro atoms. The Labute approximate surface area is 165 Å². The van der Waals surface area contributed by atoms with Crippen molar-refractivity contribution in [3.8, 4) is 0 Å². The number of benzene rings is 1. The molecule has 3 rings (SSSR count). The number of sulfonamides is 1. The Morgan fingerprint density at radius 2 is 1.81 bits per heavy atom. The topological polar surface area (TPSA) is 101 Å². The van der Waals surface area contributed by atoms with Crippen LogP contribution >= 0.6 is 11.6 Å². The molecular formula is C17H23ClN2O5S2. The van der Waals surface area contributed by atoms with Gasteiger partial charge in [-0.1, -0.05) is 24.4 Å². The van der Waals surface area contributed by atoms with E-state index in [1.807, 2.05) is 0 Å². The maximum absolute atomic E-state index is 13.0. The van der Waals surface area contributed by atoms with E-state index in [0.29, 0.717) is 19.5 Å². The third kappa shape index (κ3) is 4.82. The summed E-state index contributed by atoms with van der Waals surface area (Å²) in [5.41, 5.74) is 0.150. The van der Waals surface area contributed by atoms with Crippen molar-refractivity contribution in [2.45, 2.75) is 43.0 Å². The number of carbonyl (C=O) groups is 1. The van der Waals surface area contributed by atoms with Crippen molar-refractivity contribution < 1.29 is 21.6 Å². The lowest BCUT2D eigenvalue weighted by molar-refractivity contribution is 0.0941. The van der Waals surface area contributed by atoms with E-state index in [0.717, 1.165) is 25.7 Å². The normalized spacial score (nSPS) is 23.7. The zero-order chi connectivity index (χ0) is 19.7. The van der Waals surface area contributed by atoms with Gasteiger partial charge in [0, 0.05) is 24.7 Å². The summed E-state index contributed by atoms with van der Waals surface area (Å²) in [4.78, 5) is 12.4. The standard InChI is InChI=1S/C17H23ClN2O5S2/c18-15-6-5-13(17(21)19-14-7-10-26(22,23)12-14)11-16(15)27(24,25)20-8-3-1-2-4-9-20/h5-6,11,14H,1-4,7-10,12H2,(H,19,21)/t14-/m0/s1. The third-order valence-electron chi connectivity index (χ3n) is 4.94. The molecule has 27 heavy (non-hydrogen) atoms. The van der Waals surface area contributed by atoms with E-state index in [2.05, 4.69) is 5.32 Å². The highest BCUT2D eigenvalue weighted by Crippen LogP contribution is 2.28. The van der Waals surface area contributed by atoms with Gasteiger partial charge >= 0.3 is 0 Å². The van der Waals surface area contributed by atoms with Crippen LogP contribution in [0.5, 0.6) is 0 Å². The van der Waals surface area contributed by atoms with Gasteiger partial charge in [-0.25, -0.2) is 16.8 Å². The average molecular weight is 435 g/mol. The molecule has 2 saturated heterocycles. The van der Waals surface area contributed by atoms with Crippen molar-refractivity contribution in [1.82, 2.24) is 9.62 Å². The van der Waals surface area contributed by atoms with Crippen molar-refractivity contribution >= 4 is 37.4 Å². The molecule has 2 fully saturated rings. The Morgan fingerprint density at radius 1 is 1.15 bits per heavy atom. The van der Waals surface area contributed by atoms with Gasteiger partial charge in [0.05, 0.1) is 16.5 Å². The summed E-state index contributed by atoms with van der Waals surface area (Å²) < 4.78 is 50.5. The smallest absolute Gasteiger partial charge is 0.251 e. The van der Waals surface area contributed by atoms with E-state index < -0.39 is 31.8 Å². The largest absolute Gasteiger partial charge is 0.348 e. The van der Waals surface area contributed by atoms with Gasteiger partial charge in [0.25, 0.3) is 5.91 Å². The van der Waals surface area contributed by atoms with Crippen LogP contribution in [0.15, 0.2) is 23.1 Å². The molecule has 0 unspecified atom stereocenters. The van der Waals surface area contributed by atoms with Crippen molar-refractivity contribution in [3.63, 3.8) is 0 Å². The maximum Gasteiger partial charge on any atom is 0.251 e. The van der Waals surface area contributed by atoms with Gasteiger partial charge in [0.15, 0.2) is 9.84 Å². The molecule has 10 heteroatoms. The molecular weight excluding hydrogens is 412 g/mol. The van der Waals surface area contributed by atoms with E-state index in [-0.39, 0.29) is 27.0 Å². The lowest BCUT2D eigenvalue weighted by Crippen LogP contribution is -2.36. The van der Waals surface area contributed by atoms with Crippen LogP contribution in [0.3, 0.4) is 0 Å². The van der Waals surface area contributed by atoms with Gasteiger partial charge in [-0.05, 0) is 37.5 Å². The summed E-state index contributed by atoms with van der Waals surface area (Å²) in [6.07, 6.45) is 3.94. The van der Waals surface area contributed by atoms with Crippen molar-refractivity contribution in [3.05, 3.63) is 28.8 Å². The first-order valence-electron chi connectivity index (χ1n) is 9.00. The summed E-state index contributed by atoms with van der Waals surface area (Å²) in [5.74, 6) is -0.542. The molecule has 7 nitrogen and oxygen atoms in total. The number of hydrogen-bond acceptors (Lipinski definition) is 5. The summed E-state index contributed by atoms with van der Waals surface area (Å²) in [6.45, 7) is 0.879. The highest BCUT2D eigenvalue weighted by molar-refractivity contribution is 7.91. The number of nitrogens with one attached hydrogen (secondary N) is 1. The van der Waals surface area contributed by atoms with Crippen molar-refractivity contribution in [2.75, 3.05) is 24.6 Å². The molecule has 2 aliphatic heterocycles. The van der Waals surface area contributed by atoms with Crippen LogP contribution in [0.2, 0.25) is 5.02 Å². The quantitative estimate of drug-likeness (QED) is 0.778. The zero-order valence-corrected chi connectivity index (χ0v) is 17.2. The second-order valence-electron chi connectivity index (χ2n) is 7.04. The Kier molecular flexibility index (Phi) is 6.14. The maximum atomic E-state index is 13.0. The molecule has 0 aliphatic carbocycles. The number of rotatable bonds is 4. The van der Waals surface area contributed by atoms with Crippen LogP contribution in [-0.2, 0) is 19.9 Å². The first-order valence-corrected chi connectivity index (χ1v) is 12.6. The molecule has 0 saturated carbocycles. The minimum Gasteiger partial charge on any atom is -0.348 e.